The van der Waals surface area contributed by atoms with Crippen LogP contribution in [0.15, 0.2) is 89.9 Å². The first-order chi connectivity index (χ1) is 15.3. The average molecular weight is 433 g/mol. The summed E-state index contributed by atoms with van der Waals surface area (Å²) >= 11 is 0. The quantitative estimate of drug-likeness (QED) is 0.251. The van der Waals surface area contributed by atoms with E-state index in [-0.39, 0.29) is 5.76 Å². The lowest BCUT2D eigenvalue weighted by atomic mass is 10.0. The lowest BCUT2D eigenvalue weighted by Crippen LogP contribution is -2.10. The van der Waals surface area contributed by atoms with E-state index >= 15 is 0 Å². The van der Waals surface area contributed by atoms with Crippen molar-refractivity contribution < 1.29 is 13.3 Å². The normalized spacial score (nSPS) is 11.8. The fourth-order valence-electron chi connectivity index (χ4n) is 3.08. The van der Waals surface area contributed by atoms with Crippen LogP contribution in [0, 0.1) is 0 Å². The van der Waals surface area contributed by atoms with E-state index in [1.165, 1.54) is 0 Å². The average Bonchev–Trinajstić information content (AvgIpc) is 2.78. The van der Waals surface area contributed by atoms with Crippen molar-refractivity contribution in [3.8, 4) is 0 Å². The van der Waals surface area contributed by atoms with Crippen molar-refractivity contribution in [1.29, 1.82) is 0 Å². The van der Waals surface area contributed by atoms with Crippen molar-refractivity contribution in [3.05, 3.63) is 96.1 Å². The number of rotatable bonds is 8. The van der Waals surface area contributed by atoms with Crippen LogP contribution in [0.5, 0.6) is 0 Å². The van der Waals surface area contributed by atoms with Crippen molar-refractivity contribution in [2.45, 2.75) is 0 Å². The number of allylic oxidation sites excluding steroid dienone is 1. The Labute approximate surface area is 188 Å². The third-order valence-electron chi connectivity index (χ3n) is 4.84. The van der Waals surface area contributed by atoms with Gasteiger partial charge in [0.2, 0.25) is 0 Å². The minimum Gasteiger partial charge on any atom is -0.505 e. The Balaban J connectivity index is 2.10. The third-order valence-corrected chi connectivity index (χ3v) is 4.84. The number of anilines is 2. The van der Waals surface area contributed by atoms with Crippen LogP contribution in [0.1, 0.15) is 11.1 Å². The van der Waals surface area contributed by atoms with Gasteiger partial charge in [-0.05, 0) is 48.5 Å². The fraction of sp³-hybridized carbons (Fsp3) is 0.160. The van der Waals surface area contributed by atoms with Crippen LogP contribution in [0.25, 0.3) is 5.76 Å². The van der Waals surface area contributed by atoms with Gasteiger partial charge in [-0.3, -0.25) is 0 Å². The Morgan fingerprint density at radius 1 is 0.750 bits per heavy atom. The third kappa shape index (κ3) is 6.20. The second-order valence-electron chi connectivity index (χ2n) is 7.60. The molecule has 164 valence electrons. The van der Waals surface area contributed by atoms with Gasteiger partial charge in [0.15, 0.2) is 0 Å². The van der Waals surface area contributed by atoms with Gasteiger partial charge in [-0.15, -0.1) is 0 Å². The van der Waals surface area contributed by atoms with Crippen LogP contribution in [-0.2, 0) is 4.65 Å². The Morgan fingerprint density at radius 3 is 1.72 bits per heavy atom. The summed E-state index contributed by atoms with van der Waals surface area (Å²) < 4.78 is 31.5. The van der Waals surface area contributed by atoms with Gasteiger partial charge in [0.25, 0.3) is 0 Å². The van der Waals surface area contributed by atoms with Gasteiger partial charge in [0.05, 0.1) is 11.4 Å². The van der Waals surface area contributed by atoms with Gasteiger partial charge in [-0.25, -0.2) is 13.6 Å². The molecule has 0 heterocycles. The summed E-state index contributed by atoms with van der Waals surface area (Å²) in [5, 5.41) is 0. The molecule has 0 unspecified atom stereocenters. The molecule has 0 aliphatic heterocycles. The van der Waals surface area contributed by atoms with E-state index in [0.29, 0.717) is 11.3 Å². The maximum atomic E-state index is 13.3. The van der Waals surface area contributed by atoms with Gasteiger partial charge in [0.1, 0.15) is 5.76 Å². The summed E-state index contributed by atoms with van der Waals surface area (Å²) in [4.78, 5) is 8.65. The SMILES string of the molecule is CN(C)c1ccc(C(/C=C(\OB(F)F)c2ccc(N(C)C)cc2)=Nc2ccccc2)cc1. The molecule has 3 rings (SSSR count). The molecule has 0 atom stereocenters. The summed E-state index contributed by atoms with van der Waals surface area (Å²) in [5.41, 5.74) is 4.56. The molecule has 0 saturated heterocycles. The van der Waals surface area contributed by atoms with Crippen molar-refractivity contribution >= 4 is 36.0 Å². The summed E-state index contributed by atoms with van der Waals surface area (Å²) in [6.45, 7) is 0. The van der Waals surface area contributed by atoms with Gasteiger partial charge in [0, 0.05) is 56.8 Å². The maximum Gasteiger partial charge on any atom is 0.796 e. The molecule has 32 heavy (non-hydrogen) atoms. The van der Waals surface area contributed by atoms with E-state index in [9.17, 15) is 8.63 Å². The maximum absolute atomic E-state index is 13.3. The van der Waals surface area contributed by atoms with Crippen molar-refractivity contribution in [3.63, 3.8) is 0 Å². The van der Waals surface area contributed by atoms with Crippen LogP contribution in [0.4, 0.5) is 25.7 Å². The Morgan fingerprint density at radius 2 is 1.25 bits per heavy atom. The second kappa shape index (κ2) is 10.6. The van der Waals surface area contributed by atoms with Crippen LogP contribution in [0.2, 0.25) is 0 Å². The number of hydrogen-bond acceptors (Lipinski definition) is 4. The largest absolute Gasteiger partial charge is 0.796 e. The molecule has 0 amide bonds. The van der Waals surface area contributed by atoms with Gasteiger partial charge in [-0.2, -0.15) is 0 Å². The number of nitrogens with zero attached hydrogens (tertiary/aromatic N) is 3. The molecule has 0 spiro atoms. The predicted octanol–water partition coefficient (Wildman–Crippen LogP) is 5.92. The summed E-state index contributed by atoms with van der Waals surface area (Å²) in [5.74, 6) is 0.0525. The zero-order valence-corrected chi connectivity index (χ0v) is 18.7. The first-order valence-corrected chi connectivity index (χ1v) is 10.2. The van der Waals surface area contributed by atoms with Crippen LogP contribution >= 0.6 is 0 Å². The molecule has 0 saturated carbocycles. The molecular weight excluding hydrogens is 407 g/mol. The molecular formula is C25H26BF2N3O. The Kier molecular flexibility index (Phi) is 7.65. The molecule has 4 nitrogen and oxygen atoms in total. The highest BCUT2D eigenvalue weighted by Crippen LogP contribution is 2.24. The lowest BCUT2D eigenvalue weighted by molar-refractivity contribution is 0.397. The fourth-order valence-corrected chi connectivity index (χ4v) is 3.08. The van der Waals surface area contributed by atoms with E-state index in [4.69, 9.17) is 9.65 Å². The van der Waals surface area contributed by atoms with E-state index in [2.05, 4.69) is 0 Å². The number of aliphatic imine (C=N–C) groups is 1. The number of halogens is 2. The van der Waals surface area contributed by atoms with E-state index in [1.807, 2.05) is 105 Å². The van der Waals surface area contributed by atoms with E-state index in [1.54, 1.807) is 18.2 Å². The number of para-hydroxylation sites is 1. The minimum atomic E-state index is -2.95. The Hall–Kier alpha value is -3.61. The molecule has 7 heteroatoms. The highest BCUT2D eigenvalue weighted by Gasteiger charge is 2.21. The molecule has 0 aliphatic carbocycles. The monoisotopic (exact) mass is 433 g/mol. The highest BCUT2D eigenvalue weighted by molar-refractivity contribution is 6.36. The number of benzene rings is 3. The van der Waals surface area contributed by atoms with Crippen LogP contribution in [-0.4, -0.2) is 41.4 Å². The van der Waals surface area contributed by atoms with Crippen molar-refractivity contribution in [1.82, 2.24) is 0 Å². The van der Waals surface area contributed by atoms with Crippen LogP contribution < -0.4 is 9.80 Å². The topological polar surface area (TPSA) is 28.1 Å². The molecule has 0 aromatic heterocycles. The predicted molar refractivity (Wildman–Crippen MR) is 131 cm³/mol. The summed E-state index contributed by atoms with van der Waals surface area (Å²) in [6, 6.07) is 24.4. The summed E-state index contributed by atoms with van der Waals surface area (Å²) in [6.07, 6.45) is 1.56. The molecule has 0 fully saturated rings. The van der Waals surface area contributed by atoms with Crippen LogP contribution in [0.3, 0.4) is 0 Å². The first kappa shape index (κ1) is 23.1. The van der Waals surface area contributed by atoms with Crippen molar-refractivity contribution in [2.75, 3.05) is 38.0 Å². The molecule has 0 radical (unpaired) electrons. The molecule has 0 bridgehead atoms. The Bertz CT molecular complexity index is 1060. The van der Waals surface area contributed by atoms with Gasteiger partial charge in [-0.1, -0.05) is 30.3 Å². The zero-order chi connectivity index (χ0) is 23.1. The molecule has 3 aromatic carbocycles. The zero-order valence-electron chi connectivity index (χ0n) is 18.7. The first-order valence-electron chi connectivity index (χ1n) is 10.2. The molecule has 0 aliphatic rings. The standard InChI is InChI=1S/C25H26BF2N3O/c1-30(2)22-14-10-19(11-15-22)24(29-21-8-6-5-7-9-21)18-25(32-26(27)28)20-12-16-23(17-13-20)31(3)4/h5-18H,1-4H3/b25-18-,29-24?. The second-order valence-corrected chi connectivity index (χ2v) is 7.60. The van der Waals surface area contributed by atoms with Gasteiger partial charge >= 0.3 is 7.47 Å². The highest BCUT2D eigenvalue weighted by atomic mass is 19.2. The van der Waals surface area contributed by atoms with E-state index < -0.39 is 7.47 Å². The molecule has 0 N–H and O–H groups in total. The summed E-state index contributed by atoms with van der Waals surface area (Å²) in [7, 11) is 4.80. The van der Waals surface area contributed by atoms with E-state index in [0.717, 1.165) is 22.6 Å². The van der Waals surface area contributed by atoms with Crippen molar-refractivity contribution in [2.24, 2.45) is 4.99 Å². The lowest BCUT2D eigenvalue weighted by Gasteiger charge is -2.15. The smallest absolute Gasteiger partial charge is 0.505 e. The minimum absolute atomic E-state index is 0.0525. The number of hydrogen-bond donors (Lipinski definition) is 0. The molecule has 3 aromatic rings. The van der Waals surface area contributed by atoms with Gasteiger partial charge < -0.3 is 14.5 Å².